The van der Waals surface area contributed by atoms with Crippen LogP contribution in [-0.4, -0.2) is 36.6 Å². The SMILES string of the molecule is CCCNC(C#N)CN(CC)C(C)CC. The molecule has 0 bridgehead atoms. The van der Waals surface area contributed by atoms with Gasteiger partial charge in [-0.15, -0.1) is 0 Å². The van der Waals surface area contributed by atoms with Gasteiger partial charge in [0, 0.05) is 12.6 Å². The number of hydrogen-bond acceptors (Lipinski definition) is 3. The smallest absolute Gasteiger partial charge is 0.108 e. The molecule has 0 fully saturated rings. The molecule has 2 unspecified atom stereocenters. The molecular formula is C12H25N3. The minimum Gasteiger partial charge on any atom is -0.301 e. The van der Waals surface area contributed by atoms with Gasteiger partial charge in [-0.2, -0.15) is 5.26 Å². The molecule has 0 radical (unpaired) electrons. The van der Waals surface area contributed by atoms with Crippen molar-refractivity contribution in [3.8, 4) is 6.07 Å². The lowest BCUT2D eigenvalue weighted by molar-refractivity contribution is 0.203. The Morgan fingerprint density at radius 1 is 1.33 bits per heavy atom. The molecule has 0 saturated carbocycles. The molecule has 15 heavy (non-hydrogen) atoms. The summed E-state index contributed by atoms with van der Waals surface area (Å²) in [6.07, 6.45) is 2.22. The second kappa shape index (κ2) is 8.70. The van der Waals surface area contributed by atoms with Crippen LogP contribution in [-0.2, 0) is 0 Å². The van der Waals surface area contributed by atoms with Crippen LogP contribution in [0.3, 0.4) is 0 Å². The van der Waals surface area contributed by atoms with Crippen LogP contribution >= 0.6 is 0 Å². The summed E-state index contributed by atoms with van der Waals surface area (Å²) in [5.41, 5.74) is 0. The lowest BCUT2D eigenvalue weighted by Crippen LogP contribution is -2.44. The van der Waals surface area contributed by atoms with Gasteiger partial charge >= 0.3 is 0 Å². The number of hydrogen-bond donors (Lipinski definition) is 1. The van der Waals surface area contributed by atoms with E-state index in [1.54, 1.807) is 0 Å². The van der Waals surface area contributed by atoms with Gasteiger partial charge in [0.2, 0.25) is 0 Å². The highest BCUT2D eigenvalue weighted by Gasteiger charge is 2.15. The van der Waals surface area contributed by atoms with Crippen LogP contribution in [0.4, 0.5) is 0 Å². The Morgan fingerprint density at radius 3 is 2.40 bits per heavy atom. The number of nitrogens with one attached hydrogen (secondary N) is 1. The van der Waals surface area contributed by atoms with Crippen LogP contribution in [0, 0.1) is 11.3 Å². The molecular weight excluding hydrogens is 186 g/mol. The molecule has 0 aromatic heterocycles. The summed E-state index contributed by atoms with van der Waals surface area (Å²) in [4.78, 5) is 2.36. The van der Waals surface area contributed by atoms with Crippen LogP contribution in [0.15, 0.2) is 0 Å². The molecule has 3 nitrogen and oxygen atoms in total. The zero-order valence-corrected chi connectivity index (χ0v) is 10.6. The molecule has 1 N–H and O–H groups in total. The Morgan fingerprint density at radius 2 is 2.00 bits per heavy atom. The van der Waals surface area contributed by atoms with Crippen molar-refractivity contribution in [1.29, 1.82) is 5.26 Å². The fourth-order valence-corrected chi connectivity index (χ4v) is 1.58. The minimum atomic E-state index is -0.0288. The molecule has 0 saturated heterocycles. The zero-order chi connectivity index (χ0) is 11.7. The molecule has 0 rings (SSSR count). The summed E-state index contributed by atoms with van der Waals surface area (Å²) < 4.78 is 0. The van der Waals surface area contributed by atoms with Gasteiger partial charge in [0.25, 0.3) is 0 Å². The van der Waals surface area contributed by atoms with Gasteiger partial charge in [-0.3, -0.25) is 4.90 Å². The van der Waals surface area contributed by atoms with E-state index < -0.39 is 0 Å². The van der Waals surface area contributed by atoms with Crippen LogP contribution in [0.1, 0.15) is 40.5 Å². The molecule has 3 heteroatoms. The molecule has 0 aliphatic carbocycles. The average Bonchev–Trinajstić information content (AvgIpc) is 2.28. The molecule has 0 heterocycles. The van der Waals surface area contributed by atoms with Crippen molar-refractivity contribution in [2.45, 2.75) is 52.6 Å². The van der Waals surface area contributed by atoms with Crippen molar-refractivity contribution in [1.82, 2.24) is 10.2 Å². The van der Waals surface area contributed by atoms with Gasteiger partial charge < -0.3 is 5.32 Å². The van der Waals surface area contributed by atoms with E-state index in [2.05, 4.69) is 44.0 Å². The van der Waals surface area contributed by atoms with Crippen molar-refractivity contribution in [2.75, 3.05) is 19.6 Å². The first kappa shape index (κ1) is 14.4. The fourth-order valence-electron chi connectivity index (χ4n) is 1.58. The van der Waals surface area contributed by atoms with Gasteiger partial charge in [-0.05, 0) is 32.9 Å². The largest absolute Gasteiger partial charge is 0.301 e. The highest BCUT2D eigenvalue weighted by atomic mass is 15.2. The molecule has 2 atom stereocenters. The van der Waals surface area contributed by atoms with E-state index in [1.165, 1.54) is 0 Å². The van der Waals surface area contributed by atoms with Crippen molar-refractivity contribution in [2.24, 2.45) is 0 Å². The monoisotopic (exact) mass is 211 g/mol. The number of nitrogens with zero attached hydrogens (tertiary/aromatic N) is 2. The van der Waals surface area contributed by atoms with Crippen LogP contribution in [0.25, 0.3) is 0 Å². The van der Waals surface area contributed by atoms with Gasteiger partial charge in [-0.1, -0.05) is 20.8 Å². The summed E-state index contributed by atoms with van der Waals surface area (Å²) in [5, 5.41) is 12.3. The molecule has 0 aliphatic rings. The molecule has 88 valence electrons. The maximum atomic E-state index is 9.01. The first-order valence-corrected chi connectivity index (χ1v) is 6.06. The lowest BCUT2D eigenvalue weighted by atomic mass is 10.2. The maximum absolute atomic E-state index is 9.01. The second-order valence-corrected chi connectivity index (χ2v) is 3.98. The molecule has 0 aliphatic heterocycles. The average molecular weight is 211 g/mol. The molecule has 0 amide bonds. The zero-order valence-electron chi connectivity index (χ0n) is 10.6. The Balaban J connectivity index is 4.07. The van der Waals surface area contributed by atoms with Crippen LogP contribution < -0.4 is 5.32 Å². The third kappa shape index (κ3) is 5.76. The molecule has 0 spiro atoms. The third-order valence-corrected chi connectivity index (χ3v) is 2.83. The van der Waals surface area contributed by atoms with Gasteiger partial charge in [0.1, 0.15) is 6.04 Å². The van der Waals surface area contributed by atoms with E-state index >= 15 is 0 Å². The summed E-state index contributed by atoms with van der Waals surface area (Å²) in [7, 11) is 0. The second-order valence-electron chi connectivity index (χ2n) is 3.98. The molecule has 0 aromatic rings. The minimum absolute atomic E-state index is 0.0288. The van der Waals surface area contributed by atoms with Gasteiger partial charge in [0.15, 0.2) is 0 Å². The van der Waals surface area contributed by atoms with E-state index in [1.807, 2.05) is 0 Å². The summed E-state index contributed by atoms with van der Waals surface area (Å²) in [5.74, 6) is 0. The Hall–Kier alpha value is -0.590. The Kier molecular flexibility index (Phi) is 8.35. The number of rotatable bonds is 8. The normalized spacial score (nSPS) is 14.9. The highest BCUT2D eigenvalue weighted by Crippen LogP contribution is 2.03. The maximum Gasteiger partial charge on any atom is 0.108 e. The topological polar surface area (TPSA) is 39.1 Å². The summed E-state index contributed by atoms with van der Waals surface area (Å²) in [6.45, 7) is 11.5. The van der Waals surface area contributed by atoms with Crippen molar-refractivity contribution < 1.29 is 0 Å². The van der Waals surface area contributed by atoms with E-state index in [4.69, 9.17) is 5.26 Å². The number of nitriles is 1. The first-order valence-electron chi connectivity index (χ1n) is 6.06. The van der Waals surface area contributed by atoms with Crippen LogP contribution in [0.5, 0.6) is 0 Å². The van der Waals surface area contributed by atoms with E-state index in [0.29, 0.717) is 6.04 Å². The summed E-state index contributed by atoms with van der Waals surface area (Å²) >= 11 is 0. The van der Waals surface area contributed by atoms with Gasteiger partial charge in [0.05, 0.1) is 6.07 Å². The predicted molar refractivity (Wildman–Crippen MR) is 64.7 cm³/mol. The van der Waals surface area contributed by atoms with E-state index in [9.17, 15) is 0 Å². The highest BCUT2D eigenvalue weighted by molar-refractivity contribution is 4.92. The van der Waals surface area contributed by atoms with Crippen molar-refractivity contribution in [3.05, 3.63) is 0 Å². The van der Waals surface area contributed by atoms with Gasteiger partial charge in [-0.25, -0.2) is 0 Å². The van der Waals surface area contributed by atoms with E-state index in [-0.39, 0.29) is 6.04 Å². The quantitative estimate of drug-likeness (QED) is 0.667. The first-order chi connectivity index (χ1) is 7.19. The Labute approximate surface area is 94.5 Å². The lowest BCUT2D eigenvalue weighted by Gasteiger charge is -2.28. The predicted octanol–water partition coefficient (Wildman–Crippen LogP) is 2.00. The standard InChI is InChI=1S/C12H25N3/c1-5-8-14-12(9-13)10-15(7-3)11(4)6-2/h11-12,14H,5-8,10H2,1-4H3. The van der Waals surface area contributed by atoms with Crippen molar-refractivity contribution >= 4 is 0 Å². The van der Waals surface area contributed by atoms with Crippen molar-refractivity contribution in [3.63, 3.8) is 0 Å². The fraction of sp³-hybridized carbons (Fsp3) is 0.917. The van der Waals surface area contributed by atoms with E-state index in [0.717, 1.165) is 32.5 Å². The number of likely N-dealkylation sites (N-methyl/N-ethyl adjacent to an activating group) is 1. The Bertz CT molecular complexity index is 186. The van der Waals surface area contributed by atoms with Crippen LogP contribution in [0.2, 0.25) is 0 Å². The molecule has 0 aromatic carbocycles. The third-order valence-electron chi connectivity index (χ3n) is 2.83. The summed E-state index contributed by atoms with van der Waals surface area (Å²) in [6, 6.07) is 2.86.